The van der Waals surface area contributed by atoms with Gasteiger partial charge in [0.05, 0.1) is 26.4 Å². The van der Waals surface area contributed by atoms with Crippen LogP contribution in [-0.4, -0.2) is 70.0 Å². The van der Waals surface area contributed by atoms with E-state index in [0.717, 1.165) is 0 Å². The van der Waals surface area contributed by atoms with Crippen molar-refractivity contribution in [2.75, 3.05) is 48.9 Å². The Morgan fingerprint density at radius 2 is 1.67 bits per heavy atom. The number of amides is 2. The van der Waals surface area contributed by atoms with Crippen molar-refractivity contribution in [3.63, 3.8) is 0 Å². The van der Waals surface area contributed by atoms with Crippen molar-refractivity contribution >= 4 is 57.8 Å². The van der Waals surface area contributed by atoms with Gasteiger partial charge in [0, 0.05) is 0 Å². The Bertz CT molecular complexity index is 896. The molecule has 0 spiro atoms. The minimum Gasteiger partial charge on any atom is -0.414 e. The molecule has 13 nitrogen and oxygen atoms in total. The molecule has 0 saturated carbocycles. The van der Waals surface area contributed by atoms with Crippen LogP contribution in [0.2, 0.25) is 23.3 Å². The smallest absolute Gasteiger partial charge is 0.356 e. The molecule has 16 heteroatoms. The fraction of sp³-hybridized carbons (Fsp3) is 0.700. The fourth-order valence-corrected chi connectivity index (χ4v) is 4.98. The minimum atomic E-state index is -3.43. The number of ether oxygens (including phenoxy) is 1. The van der Waals surface area contributed by atoms with Gasteiger partial charge in [-0.05, 0) is 32.0 Å². The molecule has 1 aromatic rings. The Morgan fingerprint density at radius 3 is 2.19 bits per heavy atom. The van der Waals surface area contributed by atoms with Crippen molar-refractivity contribution in [3.05, 3.63) is 5.15 Å². The van der Waals surface area contributed by atoms with Gasteiger partial charge in [-0.1, -0.05) is 32.4 Å². The zero-order valence-electron chi connectivity index (χ0n) is 21.8. The molecule has 0 fully saturated rings. The number of carbonyl (C=O) groups is 2. The molecule has 0 aliphatic carbocycles. The lowest BCUT2D eigenvalue weighted by atomic mass is 10.2. The number of nitrogens with zero attached hydrogens (tertiary/aromatic N) is 2. The van der Waals surface area contributed by atoms with Gasteiger partial charge in [0.15, 0.2) is 19.3 Å². The summed E-state index contributed by atoms with van der Waals surface area (Å²) >= 11 is 6.10. The first kappa shape index (κ1) is 32.4. The quantitative estimate of drug-likeness (QED) is 0.0762. The van der Waals surface area contributed by atoms with Gasteiger partial charge >= 0.3 is 7.60 Å². The van der Waals surface area contributed by atoms with Crippen LogP contribution in [-0.2, 0) is 37.2 Å². The van der Waals surface area contributed by atoms with Crippen LogP contribution in [0.25, 0.3) is 0 Å². The maximum Gasteiger partial charge on any atom is 0.356 e. The Hall–Kier alpha value is -1.64. The maximum atomic E-state index is 12.7. The maximum absolute atomic E-state index is 12.7. The number of hydrogen-bond donors (Lipinski definition) is 3. The molecule has 0 aliphatic rings. The van der Waals surface area contributed by atoms with Crippen LogP contribution in [0.1, 0.15) is 34.6 Å². The molecule has 0 aliphatic heterocycles. The lowest BCUT2D eigenvalue weighted by Crippen LogP contribution is -2.44. The zero-order valence-corrected chi connectivity index (χ0v) is 24.4. The first-order valence-corrected chi connectivity index (χ1v) is 16.3. The Morgan fingerprint density at radius 1 is 1.06 bits per heavy atom. The average molecular weight is 570 g/mol. The summed E-state index contributed by atoms with van der Waals surface area (Å²) in [6.07, 6.45) is -0.222. The van der Waals surface area contributed by atoms with E-state index in [1.165, 1.54) is 0 Å². The first-order chi connectivity index (χ1) is 16.8. The Kier molecular flexibility index (Phi) is 13.4. The molecule has 0 saturated heterocycles. The van der Waals surface area contributed by atoms with E-state index in [1.54, 1.807) is 13.8 Å². The first-order valence-electron chi connectivity index (χ1n) is 11.3. The molecular formula is C20H37ClN5O8PSi. The topological polar surface area (TPSA) is 159 Å². The molecule has 1 heterocycles. The summed E-state index contributed by atoms with van der Waals surface area (Å²) in [6.45, 7) is 14.4. The third-order valence-electron chi connectivity index (χ3n) is 5.22. The van der Waals surface area contributed by atoms with E-state index in [4.69, 9.17) is 34.6 Å². The van der Waals surface area contributed by atoms with E-state index in [-0.39, 0.29) is 60.4 Å². The van der Waals surface area contributed by atoms with Crippen LogP contribution < -0.4 is 16.1 Å². The monoisotopic (exact) mass is 569 g/mol. The average Bonchev–Trinajstić information content (AvgIpc) is 2.77. The summed E-state index contributed by atoms with van der Waals surface area (Å²) in [4.78, 5) is 35.5. The van der Waals surface area contributed by atoms with Crippen LogP contribution in [0.15, 0.2) is 0 Å². The summed E-state index contributed by atoms with van der Waals surface area (Å²) in [7, 11) is -5.58. The molecule has 1 unspecified atom stereocenters. The lowest BCUT2D eigenvalue weighted by molar-refractivity contribution is -0.106. The van der Waals surface area contributed by atoms with Gasteiger partial charge in [-0.25, -0.2) is 5.48 Å². The second kappa shape index (κ2) is 14.9. The summed E-state index contributed by atoms with van der Waals surface area (Å²) in [6, 6.07) is 0. The molecule has 36 heavy (non-hydrogen) atoms. The van der Waals surface area contributed by atoms with Crippen molar-refractivity contribution in [2.45, 2.75) is 58.9 Å². The second-order valence-electron chi connectivity index (χ2n) is 8.95. The predicted octanol–water partition coefficient (Wildman–Crippen LogP) is 4.24. The highest BCUT2D eigenvalue weighted by Crippen LogP contribution is 2.47. The van der Waals surface area contributed by atoms with Crippen LogP contribution in [0, 0.1) is 0 Å². The molecule has 206 valence electrons. The third-order valence-corrected chi connectivity index (χ3v) is 11.8. The van der Waals surface area contributed by atoms with Gasteiger partial charge < -0.3 is 23.5 Å². The summed E-state index contributed by atoms with van der Waals surface area (Å²) in [5, 5.41) is 4.48. The van der Waals surface area contributed by atoms with Crippen molar-refractivity contribution in [3.8, 4) is 0 Å². The van der Waals surface area contributed by atoms with Gasteiger partial charge in [0.25, 0.3) is 0 Å². The largest absolute Gasteiger partial charge is 0.414 e. The van der Waals surface area contributed by atoms with Crippen LogP contribution in [0.5, 0.6) is 0 Å². The molecule has 1 rings (SSSR count). The minimum absolute atomic E-state index is 0.0157. The number of hydrogen-bond acceptors (Lipinski definition) is 11. The summed E-state index contributed by atoms with van der Waals surface area (Å²) < 4.78 is 35.1. The van der Waals surface area contributed by atoms with Crippen LogP contribution >= 0.6 is 19.2 Å². The number of halogens is 1. The van der Waals surface area contributed by atoms with Crippen LogP contribution in [0.3, 0.4) is 0 Å². The van der Waals surface area contributed by atoms with Crippen molar-refractivity contribution < 1.29 is 37.2 Å². The molecular weight excluding hydrogens is 533 g/mol. The third kappa shape index (κ3) is 10.4. The van der Waals surface area contributed by atoms with Gasteiger partial charge in [-0.2, -0.15) is 9.97 Å². The molecule has 2 amide bonds. The molecule has 1 atom stereocenters. The highest BCUT2D eigenvalue weighted by Gasteiger charge is 2.38. The summed E-state index contributed by atoms with van der Waals surface area (Å²) in [5.74, 6) is -0.129. The molecule has 0 radical (unpaired) electrons. The van der Waals surface area contributed by atoms with Gasteiger partial charge in [0.1, 0.15) is 18.1 Å². The standard InChI is InChI=1S/C20H37ClN5O8PSi/c1-8-31-35(29,32-9-2)14-30-10-15(11-33-36(6,7)20(3,4)5)34-26-18-16(22-12-27)17(21)24-19(25-18)23-13-28/h12-13,15H,8-11,14H2,1-7H3,(H,22,27)(H2,23,24,25,26,28). The van der Waals surface area contributed by atoms with E-state index in [0.29, 0.717) is 12.8 Å². The van der Waals surface area contributed by atoms with E-state index >= 15 is 0 Å². The van der Waals surface area contributed by atoms with E-state index in [9.17, 15) is 14.2 Å². The van der Waals surface area contributed by atoms with Crippen LogP contribution in [0.4, 0.5) is 17.5 Å². The van der Waals surface area contributed by atoms with E-state index < -0.39 is 22.0 Å². The van der Waals surface area contributed by atoms with Gasteiger partial charge in [-0.3, -0.25) is 24.3 Å². The van der Waals surface area contributed by atoms with Crippen molar-refractivity contribution in [2.24, 2.45) is 0 Å². The highest BCUT2D eigenvalue weighted by atomic mass is 35.5. The number of carbonyl (C=O) groups excluding carboxylic acids is 2. The van der Waals surface area contributed by atoms with Crippen molar-refractivity contribution in [1.29, 1.82) is 0 Å². The van der Waals surface area contributed by atoms with Gasteiger partial charge in [0.2, 0.25) is 18.8 Å². The SMILES string of the molecule is CCOP(=O)(COCC(CO[Si](C)(C)C(C)(C)C)ONc1nc(NC=O)nc(Cl)c1NC=O)OCC. The second-order valence-corrected chi connectivity index (χ2v) is 16.1. The molecule has 0 aromatic carbocycles. The fourth-order valence-electron chi connectivity index (χ4n) is 2.39. The Labute approximate surface area is 217 Å². The lowest BCUT2D eigenvalue weighted by Gasteiger charge is -2.37. The van der Waals surface area contributed by atoms with Gasteiger partial charge in [-0.15, -0.1) is 0 Å². The summed E-state index contributed by atoms with van der Waals surface area (Å²) in [5.41, 5.74) is 2.65. The Balaban J connectivity index is 3.06. The number of aromatic nitrogens is 2. The number of nitrogens with one attached hydrogen (secondary N) is 3. The van der Waals surface area contributed by atoms with E-state index in [2.05, 4.69) is 59.9 Å². The van der Waals surface area contributed by atoms with Crippen molar-refractivity contribution in [1.82, 2.24) is 9.97 Å². The van der Waals surface area contributed by atoms with E-state index in [1.807, 2.05) is 0 Å². The predicted molar refractivity (Wildman–Crippen MR) is 140 cm³/mol. The number of anilines is 3. The zero-order chi connectivity index (χ0) is 27.4. The normalized spacial score (nSPS) is 13.2. The molecule has 3 N–H and O–H groups in total. The molecule has 1 aromatic heterocycles. The number of rotatable bonds is 18. The highest BCUT2D eigenvalue weighted by molar-refractivity contribution is 7.53. The molecule has 0 bridgehead atoms.